The van der Waals surface area contributed by atoms with Crippen molar-refractivity contribution in [1.82, 2.24) is 5.32 Å². The van der Waals surface area contributed by atoms with E-state index in [1.54, 1.807) is 0 Å². The molecular weight excluding hydrogens is 230 g/mol. The molecule has 1 atom stereocenters. The highest BCUT2D eigenvalue weighted by molar-refractivity contribution is 5.26. The SMILES string of the molecule is Cc1ccccc1CC(C)NC1CCC(C)(C)CC1. The van der Waals surface area contributed by atoms with Crippen molar-refractivity contribution in [2.24, 2.45) is 5.41 Å². The summed E-state index contributed by atoms with van der Waals surface area (Å²) in [6.45, 7) is 9.34. The largest absolute Gasteiger partial charge is 0.311 e. The average molecular weight is 259 g/mol. The van der Waals surface area contributed by atoms with Gasteiger partial charge in [-0.2, -0.15) is 0 Å². The number of aryl methyl sites for hydroxylation is 1. The molecular formula is C18H29N. The van der Waals surface area contributed by atoms with Crippen LogP contribution in [0.25, 0.3) is 0 Å². The fourth-order valence-electron chi connectivity index (χ4n) is 3.20. The van der Waals surface area contributed by atoms with Crippen LogP contribution in [0.15, 0.2) is 24.3 Å². The van der Waals surface area contributed by atoms with Gasteiger partial charge in [-0.25, -0.2) is 0 Å². The highest BCUT2D eigenvalue weighted by atomic mass is 14.9. The summed E-state index contributed by atoms with van der Waals surface area (Å²) in [5.41, 5.74) is 3.47. The van der Waals surface area contributed by atoms with Crippen LogP contribution >= 0.6 is 0 Å². The van der Waals surface area contributed by atoms with Gasteiger partial charge in [0.1, 0.15) is 0 Å². The van der Waals surface area contributed by atoms with Crippen molar-refractivity contribution >= 4 is 0 Å². The van der Waals surface area contributed by atoms with E-state index in [9.17, 15) is 0 Å². The van der Waals surface area contributed by atoms with Crippen molar-refractivity contribution in [1.29, 1.82) is 0 Å². The Bertz CT molecular complexity index is 398. The molecule has 106 valence electrons. The molecule has 1 aromatic rings. The Labute approximate surface area is 118 Å². The van der Waals surface area contributed by atoms with Crippen molar-refractivity contribution < 1.29 is 0 Å². The Morgan fingerprint density at radius 1 is 1.21 bits per heavy atom. The minimum atomic E-state index is 0.567. The maximum atomic E-state index is 3.83. The summed E-state index contributed by atoms with van der Waals surface area (Å²) in [7, 11) is 0. The smallest absolute Gasteiger partial charge is 0.00818 e. The average Bonchev–Trinajstić information content (AvgIpc) is 2.35. The predicted octanol–water partition coefficient (Wildman–Crippen LogP) is 4.48. The van der Waals surface area contributed by atoms with Gasteiger partial charge >= 0.3 is 0 Å². The van der Waals surface area contributed by atoms with Crippen LogP contribution in [0.5, 0.6) is 0 Å². The molecule has 0 saturated heterocycles. The molecule has 2 rings (SSSR count). The molecule has 0 spiro atoms. The van der Waals surface area contributed by atoms with Gasteiger partial charge in [0.15, 0.2) is 0 Å². The van der Waals surface area contributed by atoms with Crippen LogP contribution in [-0.4, -0.2) is 12.1 Å². The van der Waals surface area contributed by atoms with Crippen LogP contribution in [0.1, 0.15) is 57.6 Å². The molecule has 0 bridgehead atoms. The first-order valence-corrected chi connectivity index (χ1v) is 7.77. The molecule has 0 heterocycles. The zero-order valence-corrected chi connectivity index (χ0v) is 13.0. The predicted molar refractivity (Wildman–Crippen MR) is 83.5 cm³/mol. The Hall–Kier alpha value is -0.820. The summed E-state index contributed by atoms with van der Waals surface area (Å²) >= 11 is 0. The van der Waals surface area contributed by atoms with E-state index in [4.69, 9.17) is 0 Å². The number of hydrogen-bond donors (Lipinski definition) is 1. The summed E-state index contributed by atoms with van der Waals surface area (Å²) in [5.74, 6) is 0. The lowest BCUT2D eigenvalue weighted by Gasteiger charge is -2.36. The molecule has 1 N–H and O–H groups in total. The first kappa shape index (κ1) is 14.6. The van der Waals surface area contributed by atoms with E-state index in [1.165, 1.54) is 36.8 Å². The zero-order valence-electron chi connectivity index (χ0n) is 13.0. The van der Waals surface area contributed by atoms with E-state index in [1.807, 2.05) is 0 Å². The molecule has 1 aromatic carbocycles. The highest BCUT2D eigenvalue weighted by Gasteiger charge is 2.27. The van der Waals surface area contributed by atoms with E-state index >= 15 is 0 Å². The van der Waals surface area contributed by atoms with Crippen LogP contribution < -0.4 is 5.32 Å². The molecule has 1 aliphatic carbocycles. The van der Waals surface area contributed by atoms with Gasteiger partial charge in [0.2, 0.25) is 0 Å². The molecule has 19 heavy (non-hydrogen) atoms. The lowest BCUT2D eigenvalue weighted by Crippen LogP contribution is -2.41. The molecule has 0 aromatic heterocycles. The number of hydrogen-bond acceptors (Lipinski definition) is 1. The van der Waals surface area contributed by atoms with E-state index < -0.39 is 0 Å². The van der Waals surface area contributed by atoms with Crippen LogP contribution in [0, 0.1) is 12.3 Å². The van der Waals surface area contributed by atoms with Gasteiger partial charge < -0.3 is 5.32 Å². The number of rotatable bonds is 4. The highest BCUT2D eigenvalue weighted by Crippen LogP contribution is 2.35. The van der Waals surface area contributed by atoms with Gasteiger partial charge in [-0.1, -0.05) is 38.1 Å². The van der Waals surface area contributed by atoms with Gasteiger partial charge in [-0.3, -0.25) is 0 Å². The van der Waals surface area contributed by atoms with E-state index in [0.29, 0.717) is 11.5 Å². The Balaban J connectivity index is 1.82. The summed E-state index contributed by atoms with van der Waals surface area (Å²) in [5, 5.41) is 3.83. The van der Waals surface area contributed by atoms with Crippen molar-refractivity contribution in [3.8, 4) is 0 Å². The van der Waals surface area contributed by atoms with Crippen molar-refractivity contribution in [3.05, 3.63) is 35.4 Å². The lowest BCUT2D eigenvalue weighted by atomic mass is 9.75. The van der Waals surface area contributed by atoms with E-state index in [0.717, 1.165) is 12.5 Å². The summed E-state index contributed by atoms with van der Waals surface area (Å²) < 4.78 is 0. The second-order valence-corrected chi connectivity index (χ2v) is 7.14. The van der Waals surface area contributed by atoms with Gasteiger partial charge in [0, 0.05) is 12.1 Å². The van der Waals surface area contributed by atoms with Crippen LogP contribution in [0.4, 0.5) is 0 Å². The molecule has 0 aliphatic heterocycles. The van der Waals surface area contributed by atoms with Crippen molar-refractivity contribution in [3.63, 3.8) is 0 Å². The second kappa shape index (κ2) is 6.09. The molecule has 1 fully saturated rings. The maximum Gasteiger partial charge on any atom is 0.00818 e. The third-order valence-electron chi connectivity index (χ3n) is 4.65. The van der Waals surface area contributed by atoms with Crippen molar-refractivity contribution in [2.45, 2.75) is 71.9 Å². The van der Waals surface area contributed by atoms with Gasteiger partial charge in [0.25, 0.3) is 0 Å². The third kappa shape index (κ3) is 4.35. The van der Waals surface area contributed by atoms with E-state index in [2.05, 4.69) is 57.3 Å². The van der Waals surface area contributed by atoms with E-state index in [-0.39, 0.29) is 0 Å². The van der Waals surface area contributed by atoms with Crippen LogP contribution in [0.2, 0.25) is 0 Å². The molecule has 1 unspecified atom stereocenters. The molecule has 0 amide bonds. The standard InChI is InChI=1S/C18H29N/c1-14-7-5-6-8-16(14)13-15(2)19-17-9-11-18(3,4)12-10-17/h5-8,15,17,19H,9-13H2,1-4H3. The molecule has 0 radical (unpaired) electrons. The van der Waals surface area contributed by atoms with Gasteiger partial charge in [-0.15, -0.1) is 0 Å². The Morgan fingerprint density at radius 3 is 2.47 bits per heavy atom. The lowest BCUT2D eigenvalue weighted by molar-refractivity contribution is 0.199. The third-order valence-corrected chi connectivity index (χ3v) is 4.65. The molecule has 1 nitrogen and oxygen atoms in total. The molecule has 1 saturated carbocycles. The van der Waals surface area contributed by atoms with Gasteiger partial charge in [0.05, 0.1) is 0 Å². The Morgan fingerprint density at radius 2 is 1.84 bits per heavy atom. The summed E-state index contributed by atoms with van der Waals surface area (Å²) in [6, 6.07) is 10.1. The van der Waals surface area contributed by atoms with Crippen molar-refractivity contribution in [2.75, 3.05) is 0 Å². The van der Waals surface area contributed by atoms with Gasteiger partial charge in [-0.05, 0) is 62.5 Å². The first-order valence-electron chi connectivity index (χ1n) is 7.77. The minimum Gasteiger partial charge on any atom is -0.311 e. The summed E-state index contributed by atoms with van der Waals surface area (Å²) in [6.07, 6.45) is 6.55. The minimum absolute atomic E-state index is 0.567. The number of benzene rings is 1. The second-order valence-electron chi connectivity index (χ2n) is 7.14. The normalized spacial score (nSPS) is 21.3. The number of nitrogens with one attached hydrogen (secondary N) is 1. The summed E-state index contributed by atoms with van der Waals surface area (Å²) in [4.78, 5) is 0. The Kier molecular flexibility index (Phi) is 4.67. The fourth-order valence-corrected chi connectivity index (χ4v) is 3.20. The molecule has 1 aliphatic rings. The monoisotopic (exact) mass is 259 g/mol. The fraction of sp³-hybridized carbons (Fsp3) is 0.667. The van der Waals surface area contributed by atoms with Crippen LogP contribution in [0.3, 0.4) is 0 Å². The quantitative estimate of drug-likeness (QED) is 0.840. The topological polar surface area (TPSA) is 12.0 Å². The maximum absolute atomic E-state index is 3.83. The first-order chi connectivity index (χ1) is 8.96. The van der Waals surface area contributed by atoms with Crippen LogP contribution in [-0.2, 0) is 6.42 Å². The molecule has 1 heteroatoms. The zero-order chi connectivity index (χ0) is 13.9.